The Morgan fingerprint density at radius 2 is 2.00 bits per heavy atom. The van der Waals surface area contributed by atoms with Gasteiger partial charge in [-0.05, 0) is 35.9 Å². The molecule has 106 valence electrons. The maximum absolute atomic E-state index is 13.1. The highest BCUT2D eigenvalue weighted by atomic mass is 19.1. The molecule has 3 rings (SSSR count). The first kappa shape index (κ1) is 13.3. The third-order valence-corrected chi connectivity index (χ3v) is 3.23. The summed E-state index contributed by atoms with van der Waals surface area (Å²) < 4.78 is 19.5. The quantitative estimate of drug-likeness (QED) is 0.694. The van der Waals surface area contributed by atoms with Crippen LogP contribution < -0.4 is 0 Å². The van der Waals surface area contributed by atoms with Crippen LogP contribution in [0.4, 0.5) is 4.39 Å². The van der Waals surface area contributed by atoms with Crippen molar-refractivity contribution in [2.45, 2.75) is 6.54 Å². The van der Waals surface area contributed by atoms with Crippen molar-refractivity contribution in [3.05, 3.63) is 65.6 Å². The minimum absolute atomic E-state index is 0.274. The summed E-state index contributed by atoms with van der Waals surface area (Å²) in [5, 5.41) is 5.15. The highest BCUT2D eigenvalue weighted by molar-refractivity contribution is 5.89. The van der Waals surface area contributed by atoms with Gasteiger partial charge in [0.15, 0.2) is 0 Å². The molecule has 1 heterocycles. The molecule has 0 atom stereocenters. The van der Waals surface area contributed by atoms with Gasteiger partial charge in [0.05, 0.1) is 24.7 Å². The number of ether oxygens (including phenoxy) is 1. The van der Waals surface area contributed by atoms with Gasteiger partial charge in [-0.3, -0.25) is 4.68 Å². The maximum atomic E-state index is 13.1. The number of benzene rings is 2. The Kier molecular flexibility index (Phi) is 3.39. The van der Waals surface area contributed by atoms with E-state index in [1.807, 2.05) is 12.1 Å². The average molecular weight is 284 g/mol. The zero-order valence-electron chi connectivity index (χ0n) is 11.4. The van der Waals surface area contributed by atoms with E-state index in [4.69, 9.17) is 0 Å². The topological polar surface area (TPSA) is 44.1 Å². The van der Waals surface area contributed by atoms with Crippen LogP contribution in [0.2, 0.25) is 0 Å². The van der Waals surface area contributed by atoms with Gasteiger partial charge in [0.1, 0.15) is 5.82 Å². The molecule has 1 aromatic heterocycles. The van der Waals surface area contributed by atoms with Crippen LogP contribution in [0.5, 0.6) is 0 Å². The molecule has 2 aromatic carbocycles. The first-order valence-corrected chi connectivity index (χ1v) is 6.46. The van der Waals surface area contributed by atoms with Gasteiger partial charge in [0, 0.05) is 11.6 Å². The van der Waals surface area contributed by atoms with Gasteiger partial charge in [-0.15, -0.1) is 0 Å². The number of esters is 1. The van der Waals surface area contributed by atoms with Crippen LogP contribution >= 0.6 is 0 Å². The largest absolute Gasteiger partial charge is 0.465 e. The molecule has 5 heteroatoms. The van der Waals surface area contributed by atoms with Crippen LogP contribution in [0.25, 0.3) is 10.9 Å². The highest BCUT2D eigenvalue weighted by Gasteiger charge is 2.06. The van der Waals surface area contributed by atoms with E-state index in [1.54, 1.807) is 29.1 Å². The molecule has 0 aliphatic rings. The number of hydrogen-bond acceptors (Lipinski definition) is 3. The molecule has 0 fully saturated rings. The van der Waals surface area contributed by atoms with E-state index < -0.39 is 0 Å². The molecule has 0 bridgehead atoms. The molecule has 0 saturated heterocycles. The number of hydrogen-bond donors (Lipinski definition) is 0. The van der Waals surface area contributed by atoms with Gasteiger partial charge in [0.25, 0.3) is 0 Å². The molecular weight excluding hydrogens is 271 g/mol. The van der Waals surface area contributed by atoms with E-state index in [2.05, 4.69) is 9.84 Å². The second-order valence-electron chi connectivity index (χ2n) is 4.72. The minimum atomic E-state index is -0.359. The Bertz CT molecular complexity index is 794. The summed E-state index contributed by atoms with van der Waals surface area (Å²) in [7, 11) is 1.35. The fourth-order valence-corrected chi connectivity index (χ4v) is 2.18. The summed E-state index contributed by atoms with van der Waals surface area (Å²) in [6, 6.07) is 11.6. The fraction of sp³-hybridized carbons (Fsp3) is 0.125. The lowest BCUT2D eigenvalue weighted by Gasteiger charge is -2.03. The van der Waals surface area contributed by atoms with E-state index in [-0.39, 0.29) is 11.8 Å². The first-order valence-electron chi connectivity index (χ1n) is 6.46. The van der Waals surface area contributed by atoms with Crippen molar-refractivity contribution in [3.8, 4) is 0 Å². The van der Waals surface area contributed by atoms with Gasteiger partial charge < -0.3 is 4.74 Å². The number of halogens is 1. The fourth-order valence-electron chi connectivity index (χ4n) is 2.18. The first-order chi connectivity index (χ1) is 10.2. The van der Waals surface area contributed by atoms with E-state index in [0.29, 0.717) is 12.1 Å². The SMILES string of the molecule is COC(=O)c1ccc(Cn2cc3cc(F)ccc3n2)cc1. The van der Waals surface area contributed by atoms with E-state index in [0.717, 1.165) is 16.5 Å². The molecule has 0 N–H and O–H groups in total. The lowest BCUT2D eigenvalue weighted by molar-refractivity contribution is 0.0600. The van der Waals surface area contributed by atoms with Gasteiger partial charge in [-0.25, -0.2) is 9.18 Å². The number of fused-ring (bicyclic) bond motifs is 1. The van der Waals surface area contributed by atoms with Crippen molar-refractivity contribution in [2.24, 2.45) is 0 Å². The predicted octanol–water partition coefficient (Wildman–Crippen LogP) is 3.01. The minimum Gasteiger partial charge on any atom is -0.465 e. The second-order valence-corrected chi connectivity index (χ2v) is 4.72. The monoisotopic (exact) mass is 284 g/mol. The van der Waals surface area contributed by atoms with Crippen molar-refractivity contribution >= 4 is 16.9 Å². The second kappa shape index (κ2) is 5.36. The molecule has 21 heavy (non-hydrogen) atoms. The van der Waals surface area contributed by atoms with Crippen LogP contribution in [-0.2, 0) is 11.3 Å². The molecule has 0 aliphatic heterocycles. The van der Waals surface area contributed by atoms with Gasteiger partial charge in [-0.2, -0.15) is 5.10 Å². The number of carbonyl (C=O) groups excluding carboxylic acids is 1. The molecule has 0 radical (unpaired) electrons. The van der Waals surface area contributed by atoms with Crippen LogP contribution in [0.3, 0.4) is 0 Å². The van der Waals surface area contributed by atoms with Crippen molar-refractivity contribution < 1.29 is 13.9 Å². The smallest absolute Gasteiger partial charge is 0.337 e. The van der Waals surface area contributed by atoms with Crippen LogP contribution in [0.15, 0.2) is 48.7 Å². The van der Waals surface area contributed by atoms with Crippen molar-refractivity contribution in [2.75, 3.05) is 7.11 Å². The van der Waals surface area contributed by atoms with Crippen LogP contribution in [-0.4, -0.2) is 22.9 Å². The zero-order valence-corrected chi connectivity index (χ0v) is 11.4. The summed E-state index contributed by atoms with van der Waals surface area (Å²) in [6.07, 6.45) is 1.80. The molecule has 0 spiro atoms. The lowest BCUT2D eigenvalue weighted by Crippen LogP contribution is -2.03. The van der Waals surface area contributed by atoms with Gasteiger partial charge in [-0.1, -0.05) is 12.1 Å². The summed E-state index contributed by atoms with van der Waals surface area (Å²) >= 11 is 0. The van der Waals surface area contributed by atoms with Gasteiger partial charge in [0.2, 0.25) is 0 Å². The maximum Gasteiger partial charge on any atom is 0.337 e. The van der Waals surface area contributed by atoms with E-state index in [1.165, 1.54) is 19.2 Å². The van der Waals surface area contributed by atoms with Crippen LogP contribution in [0.1, 0.15) is 15.9 Å². The highest BCUT2D eigenvalue weighted by Crippen LogP contribution is 2.15. The van der Waals surface area contributed by atoms with E-state index >= 15 is 0 Å². The summed E-state index contributed by atoms with van der Waals surface area (Å²) in [6.45, 7) is 0.553. The van der Waals surface area contributed by atoms with Crippen molar-refractivity contribution in [3.63, 3.8) is 0 Å². The third-order valence-electron chi connectivity index (χ3n) is 3.23. The Hall–Kier alpha value is -2.69. The molecule has 0 aliphatic carbocycles. The normalized spacial score (nSPS) is 10.8. The van der Waals surface area contributed by atoms with Crippen molar-refractivity contribution in [1.82, 2.24) is 9.78 Å². The Balaban J connectivity index is 1.83. The average Bonchev–Trinajstić information content (AvgIpc) is 2.88. The molecule has 0 saturated carbocycles. The molecule has 4 nitrogen and oxygen atoms in total. The molecule has 0 amide bonds. The number of aromatic nitrogens is 2. The lowest BCUT2D eigenvalue weighted by atomic mass is 10.1. The number of methoxy groups -OCH3 is 1. The zero-order chi connectivity index (χ0) is 14.8. The predicted molar refractivity (Wildman–Crippen MR) is 76.6 cm³/mol. The molecule has 3 aromatic rings. The summed E-state index contributed by atoms with van der Waals surface area (Å²) in [5.74, 6) is -0.633. The third kappa shape index (κ3) is 2.76. The number of carbonyl (C=O) groups is 1. The van der Waals surface area contributed by atoms with Crippen LogP contribution in [0, 0.1) is 5.82 Å². The molecular formula is C16H13FN2O2. The number of nitrogens with zero attached hydrogens (tertiary/aromatic N) is 2. The molecule has 0 unspecified atom stereocenters. The summed E-state index contributed by atoms with van der Waals surface area (Å²) in [5.41, 5.74) is 2.26. The number of rotatable bonds is 3. The summed E-state index contributed by atoms with van der Waals surface area (Å²) in [4.78, 5) is 11.4. The Morgan fingerprint density at radius 1 is 1.24 bits per heavy atom. The standard InChI is InChI=1S/C16H13FN2O2/c1-21-16(20)12-4-2-11(3-5-12)9-19-10-13-8-14(17)6-7-15(13)18-19/h2-8,10H,9H2,1H3. The van der Waals surface area contributed by atoms with Crippen molar-refractivity contribution in [1.29, 1.82) is 0 Å². The Morgan fingerprint density at radius 3 is 2.71 bits per heavy atom. The van der Waals surface area contributed by atoms with E-state index in [9.17, 15) is 9.18 Å². The Labute approximate surface area is 120 Å². The van der Waals surface area contributed by atoms with Gasteiger partial charge >= 0.3 is 5.97 Å².